The molecule has 1 N–H and O–H groups in total. The average molecular weight is 313 g/mol. The van der Waals surface area contributed by atoms with Gasteiger partial charge in [-0.05, 0) is 80.8 Å². The van der Waals surface area contributed by atoms with Gasteiger partial charge in [-0.15, -0.1) is 0 Å². The fraction of sp³-hybridized carbons (Fsp3) is 0.650. The molecule has 23 heavy (non-hydrogen) atoms. The number of amides is 1. The molecule has 124 valence electrons. The highest BCUT2D eigenvalue weighted by atomic mass is 16.5. The summed E-state index contributed by atoms with van der Waals surface area (Å²) in [6.45, 7) is 2.68. The molecule has 0 heterocycles. The SMILES string of the molecule is CC(Oc1ccccc1)C(=O)NCC12CC3CC(CC(C3)C1)C2. The van der Waals surface area contributed by atoms with Crippen molar-refractivity contribution < 1.29 is 9.53 Å². The quantitative estimate of drug-likeness (QED) is 0.898. The lowest BCUT2D eigenvalue weighted by Crippen LogP contribution is -2.52. The first kappa shape index (κ1) is 15.0. The van der Waals surface area contributed by atoms with Gasteiger partial charge in [0.25, 0.3) is 5.91 Å². The Hall–Kier alpha value is -1.51. The van der Waals surface area contributed by atoms with Crippen molar-refractivity contribution in [2.75, 3.05) is 6.54 Å². The van der Waals surface area contributed by atoms with Crippen LogP contribution in [0.25, 0.3) is 0 Å². The molecule has 1 amide bonds. The smallest absolute Gasteiger partial charge is 0.260 e. The van der Waals surface area contributed by atoms with E-state index in [0.29, 0.717) is 5.41 Å². The minimum absolute atomic E-state index is 0.0181. The number of carbonyl (C=O) groups excluding carboxylic acids is 1. The van der Waals surface area contributed by atoms with Gasteiger partial charge in [0.1, 0.15) is 5.75 Å². The number of hydrogen-bond donors (Lipinski definition) is 1. The fourth-order valence-corrected chi connectivity index (χ4v) is 5.68. The molecule has 1 aromatic rings. The molecule has 3 heteroatoms. The highest BCUT2D eigenvalue weighted by Crippen LogP contribution is 2.59. The summed E-state index contributed by atoms with van der Waals surface area (Å²) in [6, 6.07) is 9.58. The van der Waals surface area contributed by atoms with Crippen molar-refractivity contribution in [2.24, 2.45) is 23.2 Å². The van der Waals surface area contributed by atoms with Gasteiger partial charge in [0, 0.05) is 6.54 Å². The van der Waals surface area contributed by atoms with E-state index in [1.807, 2.05) is 37.3 Å². The van der Waals surface area contributed by atoms with E-state index in [9.17, 15) is 4.79 Å². The van der Waals surface area contributed by atoms with Gasteiger partial charge < -0.3 is 10.1 Å². The maximum atomic E-state index is 12.4. The molecule has 3 nitrogen and oxygen atoms in total. The Kier molecular flexibility index (Phi) is 3.82. The summed E-state index contributed by atoms with van der Waals surface area (Å²) in [5.41, 5.74) is 0.386. The van der Waals surface area contributed by atoms with E-state index >= 15 is 0 Å². The second kappa shape index (κ2) is 5.85. The van der Waals surface area contributed by atoms with E-state index < -0.39 is 6.10 Å². The molecule has 4 aliphatic rings. The van der Waals surface area contributed by atoms with Crippen LogP contribution in [0.15, 0.2) is 30.3 Å². The number of para-hydroxylation sites is 1. The van der Waals surface area contributed by atoms with Crippen molar-refractivity contribution in [2.45, 2.75) is 51.6 Å². The van der Waals surface area contributed by atoms with Gasteiger partial charge in [-0.3, -0.25) is 4.79 Å². The molecule has 0 spiro atoms. The molecule has 1 unspecified atom stereocenters. The molecule has 1 aromatic carbocycles. The molecule has 0 radical (unpaired) electrons. The Bertz CT molecular complexity index is 533. The second-order valence-corrected chi connectivity index (χ2v) is 8.21. The standard InChI is InChI=1S/C20H27NO2/c1-14(23-18-5-3-2-4-6-18)19(22)21-13-20-10-15-7-16(11-20)9-17(8-15)12-20/h2-6,14-17H,7-13H2,1H3,(H,21,22). The van der Waals surface area contributed by atoms with Crippen LogP contribution < -0.4 is 10.1 Å². The van der Waals surface area contributed by atoms with Gasteiger partial charge in [-0.2, -0.15) is 0 Å². The predicted molar refractivity (Wildman–Crippen MR) is 90.1 cm³/mol. The lowest BCUT2D eigenvalue weighted by molar-refractivity contribution is -0.129. The Morgan fingerprint density at radius 1 is 1.13 bits per heavy atom. The number of rotatable bonds is 5. The Balaban J connectivity index is 1.33. The van der Waals surface area contributed by atoms with Crippen LogP contribution in [0.5, 0.6) is 5.75 Å². The van der Waals surface area contributed by atoms with Crippen molar-refractivity contribution in [3.05, 3.63) is 30.3 Å². The Labute approximate surface area is 138 Å². The third-order valence-electron chi connectivity index (χ3n) is 6.23. The maximum absolute atomic E-state index is 12.4. The van der Waals surface area contributed by atoms with Crippen LogP contribution in [0.2, 0.25) is 0 Å². The van der Waals surface area contributed by atoms with Crippen LogP contribution >= 0.6 is 0 Å². The van der Waals surface area contributed by atoms with E-state index in [0.717, 1.165) is 30.0 Å². The summed E-state index contributed by atoms with van der Waals surface area (Å²) in [5.74, 6) is 3.55. The fourth-order valence-electron chi connectivity index (χ4n) is 5.68. The largest absolute Gasteiger partial charge is 0.481 e. The lowest BCUT2D eigenvalue weighted by atomic mass is 9.49. The molecule has 0 saturated heterocycles. The van der Waals surface area contributed by atoms with Gasteiger partial charge in [0.15, 0.2) is 6.10 Å². The van der Waals surface area contributed by atoms with Crippen molar-refractivity contribution in [3.63, 3.8) is 0 Å². The summed E-state index contributed by atoms with van der Waals surface area (Å²) in [7, 11) is 0. The van der Waals surface area contributed by atoms with E-state index in [-0.39, 0.29) is 5.91 Å². The molecule has 4 aliphatic carbocycles. The molecule has 5 rings (SSSR count). The minimum Gasteiger partial charge on any atom is -0.481 e. The number of carbonyl (C=O) groups is 1. The Morgan fingerprint density at radius 3 is 2.26 bits per heavy atom. The summed E-state index contributed by atoms with van der Waals surface area (Å²) in [5, 5.41) is 3.20. The van der Waals surface area contributed by atoms with E-state index in [4.69, 9.17) is 4.74 Å². The van der Waals surface area contributed by atoms with E-state index in [2.05, 4.69) is 5.32 Å². The third-order valence-corrected chi connectivity index (χ3v) is 6.23. The summed E-state index contributed by atoms with van der Waals surface area (Å²) in [4.78, 5) is 12.4. The van der Waals surface area contributed by atoms with Gasteiger partial charge >= 0.3 is 0 Å². The Morgan fingerprint density at radius 2 is 1.70 bits per heavy atom. The van der Waals surface area contributed by atoms with Crippen molar-refractivity contribution in [1.82, 2.24) is 5.32 Å². The third kappa shape index (κ3) is 3.11. The zero-order chi connectivity index (χ0) is 15.9. The van der Waals surface area contributed by atoms with Gasteiger partial charge in [0.05, 0.1) is 0 Å². The molecule has 0 aromatic heterocycles. The number of hydrogen-bond acceptors (Lipinski definition) is 2. The molecule has 0 aliphatic heterocycles. The van der Waals surface area contributed by atoms with Crippen LogP contribution in [-0.2, 0) is 4.79 Å². The average Bonchev–Trinajstić information content (AvgIpc) is 2.52. The van der Waals surface area contributed by atoms with Crippen LogP contribution in [0.1, 0.15) is 45.4 Å². The highest BCUT2D eigenvalue weighted by Gasteiger charge is 2.50. The van der Waals surface area contributed by atoms with Crippen LogP contribution in [0.4, 0.5) is 0 Å². The molecular formula is C20H27NO2. The minimum atomic E-state index is -0.439. The summed E-state index contributed by atoms with van der Waals surface area (Å²) >= 11 is 0. The van der Waals surface area contributed by atoms with E-state index in [1.54, 1.807) is 0 Å². The number of nitrogens with one attached hydrogen (secondary N) is 1. The van der Waals surface area contributed by atoms with Gasteiger partial charge in [-0.1, -0.05) is 18.2 Å². The predicted octanol–water partition coefficient (Wildman–Crippen LogP) is 3.79. The molecule has 4 bridgehead atoms. The van der Waals surface area contributed by atoms with E-state index in [1.165, 1.54) is 38.5 Å². The van der Waals surface area contributed by atoms with Crippen LogP contribution in [0.3, 0.4) is 0 Å². The monoisotopic (exact) mass is 313 g/mol. The molecule has 1 atom stereocenters. The van der Waals surface area contributed by atoms with Crippen molar-refractivity contribution in [3.8, 4) is 5.75 Å². The first-order chi connectivity index (χ1) is 11.1. The normalized spacial score (nSPS) is 35.8. The lowest BCUT2D eigenvalue weighted by Gasteiger charge is -2.56. The summed E-state index contributed by atoms with van der Waals surface area (Å²) in [6.07, 6.45) is 7.88. The number of ether oxygens (including phenoxy) is 1. The van der Waals surface area contributed by atoms with Crippen molar-refractivity contribution >= 4 is 5.91 Å². The first-order valence-corrected chi connectivity index (χ1v) is 9.11. The topological polar surface area (TPSA) is 38.3 Å². The highest BCUT2D eigenvalue weighted by molar-refractivity contribution is 5.80. The number of benzene rings is 1. The van der Waals surface area contributed by atoms with Crippen LogP contribution in [0, 0.1) is 23.2 Å². The zero-order valence-corrected chi connectivity index (χ0v) is 14.0. The molecule has 4 fully saturated rings. The van der Waals surface area contributed by atoms with Crippen molar-refractivity contribution in [1.29, 1.82) is 0 Å². The van der Waals surface area contributed by atoms with Gasteiger partial charge in [0.2, 0.25) is 0 Å². The molecular weight excluding hydrogens is 286 g/mol. The second-order valence-electron chi connectivity index (χ2n) is 8.21. The zero-order valence-electron chi connectivity index (χ0n) is 14.0. The molecule has 4 saturated carbocycles. The first-order valence-electron chi connectivity index (χ1n) is 9.11. The van der Waals surface area contributed by atoms with Crippen LogP contribution in [-0.4, -0.2) is 18.6 Å². The summed E-state index contributed by atoms with van der Waals surface area (Å²) < 4.78 is 5.74. The maximum Gasteiger partial charge on any atom is 0.260 e. The van der Waals surface area contributed by atoms with Gasteiger partial charge in [-0.25, -0.2) is 0 Å².